The molecule has 7 heteroatoms. The van der Waals surface area contributed by atoms with E-state index >= 15 is 0 Å². The smallest absolute Gasteiger partial charge is 0.293 e. The molecule has 6 nitrogen and oxygen atoms in total. The molecule has 17 heavy (non-hydrogen) atoms. The molecule has 94 valence electrons. The Kier molecular flexibility index (Phi) is 7.45. The summed E-state index contributed by atoms with van der Waals surface area (Å²) in [6, 6.07) is 4.41. The van der Waals surface area contributed by atoms with E-state index in [1.165, 1.54) is 19.2 Å². The third-order valence-electron chi connectivity index (χ3n) is 1.59. The molecule has 0 aliphatic rings. The lowest BCUT2D eigenvalue weighted by Crippen LogP contribution is -1.91. The third kappa shape index (κ3) is 5.17. The Morgan fingerprint density at radius 3 is 2.53 bits per heavy atom. The minimum atomic E-state index is -0.551. The predicted octanol–water partition coefficient (Wildman–Crippen LogP) is 2.44. The first-order valence-corrected chi connectivity index (χ1v) is 4.98. The molecule has 0 amide bonds. The van der Waals surface area contributed by atoms with Crippen molar-refractivity contribution in [2.24, 2.45) is 0 Å². The number of nitro groups is 1. The number of nitro benzene ring substituents is 1. The number of benzene rings is 1. The van der Waals surface area contributed by atoms with Crippen LogP contribution in [0, 0.1) is 10.1 Å². The lowest BCUT2D eigenvalue weighted by molar-refractivity contribution is -0.384. The van der Waals surface area contributed by atoms with E-state index in [1.54, 1.807) is 13.0 Å². The topological polar surface area (TPSA) is 78.7 Å². The van der Waals surface area contributed by atoms with E-state index in [2.05, 4.69) is 4.74 Å². The molecule has 1 aromatic rings. The van der Waals surface area contributed by atoms with Crippen molar-refractivity contribution in [2.45, 2.75) is 6.92 Å². The monoisotopic (exact) mass is 261 g/mol. The van der Waals surface area contributed by atoms with E-state index in [0.29, 0.717) is 18.8 Å². The van der Waals surface area contributed by atoms with Gasteiger partial charge in [0.25, 0.3) is 12.2 Å². The van der Waals surface area contributed by atoms with E-state index in [4.69, 9.17) is 16.3 Å². The lowest BCUT2D eigenvalue weighted by Gasteiger charge is -2.01. The Hall–Kier alpha value is -1.82. The molecule has 0 aliphatic carbocycles. The van der Waals surface area contributed by atoms with Gasteiger partial charge in [-0.3, -0.25) is 14.9 Å². The fraction of sp³-hybridized carbons (Fsp3) is 0.300. The minimum absolute atomic E-state index is 0.0324. The molecule has 0 saturated heterocycles. The Morgan fingerprint density at radius 1 is 1.53 bits per heavy atom. The number of halogens is 1. The van der Waals surface area contributed by atoms with Crippen LogP contribution in [0.15, 0.2) is 18.2 Å². The summed E-state index contributed by atoms with van der Waals surface area (Å²) in [6.45, 7) is 2.66. The molecule has 0 unspecified atom stereocenters. The highest BCUT2D eigenvalue weighted by Crippen LogP contribution is 2.32. The SMILES string of the molecule is CCOC=O.COc1cccc([N+](=O)[O-])c1Cl. The molecule has 0 heterocycles. The van der Waals surface area contributed by atoms with Gasteiger partial charge in [0.1, 0.15) is 5.75 Å². The number of rotatable bonds is 4. The summed E-state index contributed by atoms with van der Waals surface area (Å²) in [7, 11) is 1.41. The standard InChI is InChI=1S/C7H6ClNO3.C3H6O2/c1-12-6-4-2-3-5(7(6)8)9(10)11;1-2-5-3-4/h2-4H,1H3;3H,2H2,1H3. The average molecular weight is 262 g/mol. The highest BCUT2D eigenvalue weighted by molar-refractivity contribution is 6.34. The third-order valence-corrected chi connectivity index (χ3v) is 1.97. The van der Waals surface area contributed by atoms with Gasteiger partial charge in [0, 0.05) is 6.07 Å². The summed E-state index contributed by atoms with van der Waals surface area (Å²) in [5.74, 6) is 0.311. The fourth-order valence-corrected chi connectivity index (χ4v) is 1.14. The van der Waals surface area contributed by atoms with Crippen LogP contribution in [0.4, 0.5) is 5.69 Å². The van der Waals surface area contributed by atoms with Crippen LogP contribution in [-0.4, -0.2) is 25.1 Å². The van der Waals surface area contributed by atoms with Crippen molar-refractivity contribution >= 4 is 23.8 Å². The molecule has 0 spiro atoms. The number of hydrogen-bond donors (Lipinski definition) is 0. The predicted molar refractivity (Wildman–Crippen MR) is 62.3 cm³/mol. The van der Waals surface area contributed by atoms with Crippen molar-refractivity contribution in [1.29, 1.82) is 0 Å². The molecule has 0 aromatic heterocycles. The second-order valence-electron chi connectivity index (χ2n) is 2.60. The van der Waals surface area contributed by atoms with Crippen LogP contribution in [0.1, 0.15) is 6.92 Å². The molecule has 0 N–H and O–H groups in total. The summed E-state index contributed by atoms with van der Waals surface area (Å²) in [5, 5.41) is 10.4. The highest BCUT2D eigenvalue weighted by Gasteiger charge is 2.15. The zero-order valence-corrected chi connectivity index (χ0v) is 10.1. The van der Waals surface area contributed by atoms with Gasteiger partial charge >= 0.3 is 0 Å². The first-order valence-electron chi connectivity index (χ1n) is 4.60. The molecule has 0 radical (unpaired) electrons. The number of carbonyl (C=O) groups is 1. The van der Waals surface area contributed by atoms with Gasteiger partial charge in [0.2, 0.25) is 0 Å². The summed E-state index contributed by atoms with van der Waals surface area (Å²) in [6.07, 6.45) is 0. The second-order valence-corrected chi connectivity index (χ2v) is 2.98. The van der Waals surface area contributed by atoms with Gasteiger partial charge in [0.15, 0.2) is 5.02 Å². The number of methoxy groups -OCH3 is 1. The molecule has 0 bridgehead atoms. The largest absolute Gasteiger partial charge is 0.495 e. The van der Waals surface area contributed by atoms with Gasteiger partial charge in [-0.1, -0.05) is 17.7 Å². The average Bonchev–Trinajstić information content (AvgIpc) is 2.31. The Balaban J connectivity index is 0.000000437. The van der Waals surface area contributed by atoms with Gasteiger partial charge in [-0.15, -0.1) is 0 Å². The molecule has 1 aromatic carbocycles. The van der Waals surface area contributed by atoms with Crippen LogP contribution in [-0.2, 0) is 9.53 Å². The minimum Gasteiger partial charge on any atom is -0.495 e. The van der Waals surface area contributed by atoms with Crippen LogP contribution in [0.25, 0.3) is 0 Å². The number of hydrogen-bond acceptors (Lipinski definition) is 5. The maximum absolute atomic E-state index is 10.4. The molecule has 1 rings (SSSR count). The maximum Gasteiger partial charge on any atom is 0.293 e. The quantitative estimate of drug-likeness (QED) is 0.472. The number of nitrogens with zero attached hydrogens (tertiary/aromatic N) is 1. The molecule has 0 saturated carbocycles. The van der Waals surface area contributed by atoms with Crippen molar-refractivity contribution < 1.29 is 19.2 Å². The second kappa shape index (κ2) is 8.35. The van der Waals surface area contributed by atoms with E-state index in [9.17, 15) is 14.9 Å². The van der Waals surface area contributed by atoms with E-state index in [-0.39, 0.29) is 10.7 Å². The fourth-order valence-electron chi connectivity index (χ4n) is 0.866. The van der Waals surface area contributed by atoms with Crippen molar-refractivity contribution in [2.75, 3.05) is 13.7 Å². The zero-order chi connectivity index (χ0) is 13.3. The number of ether oxygens (including phenoxy) is 2. The first kappa shape index (κ1) is 15.2. The van der Waals surface area contributed by atoms with Gasteiger partial charge < -0.3 is 9.47 Å². The van der Waals surface area contributed by atoms with E-state index in [0.717, 1.165) is 0 Å². The highest BCUT2D eigenvalue weighted by atomic mass is 35.5. The molecule has 0 aliphatic heterocycles. The van der Waals surface area contributed by atoms with Crippen LogP contribution >= 0.6 is 11.6 Å². The van der Waals surface area contributed by atoms with Gasteiger partial charge in [-0.2, -0.15) is 0 Å². The number of carbonyl (C=O) groups excluding carboxylic acids is 1. The van der Waals surface area contributed by atoms with Crippen molar-refractivity contribution in [3.63, 3.8) is 0 Å². The van der Waals surface area contributed by atoms with Crippen molar-refractivity contribution in [1.82, 2.24) is 0 Å². The van der Waals surface area contributed by atoms with Crippen molar-refractivity contribution in [3.8, 4) is 5.75 Å². The molecule has 0 atom stereocenters. The Morgan fingerprint density at radius 2 is 2.18 bits per heavy atom. The van der Waals surface area contributed by atoms with Crippen LogP contribution in [0.3, 0.4) is 0 Å². The molecular weight excluding hydrogens is 250 g/mol. The normalized spacial score (nSPS) is 8.65. The molecule has 0 fully saturated rings. The van der Waals surface area contributed by atoms with Gasteiger partial charge in [0.05, 0.1) is 18.6 Å². The van der Waals surface area contributed by atoms with Crippen LogP contribution in [0.5, 0.6) is 5.75 Å². The van der Waals surface area contributed by atoms with Crippen LogP contribution < -0.4 is 4.74 Å². The zero-order valence-electron chi connectivity index (χ0n) is 9.38. The van der Waals surface area contributed by atoms with Gasteiger partial charge in [-0.05, 0) is 13.0 Å². The maximum atomic E-state index is 10.4. The first-order chi connectivity index (χ1) is 8.08. The Labute approximate surface area is 103 Å². The van der Waals surface area contributed by atoms with Crippen molar-refractivity contribution in [3.05, 3.63) is 33.3 Å². The summed E-state index contributed by atoms with van der Waals surface area (Å²) in [5.41, 5.74) is -0.143. The van der Waals surface area contributed by atoms with Gasteiger partial charge in [-0.25, -0.2) is 0 Å². The summed E-state index contributed by atoms with van der Waals surface area (Å²) in [4.78, 5) is 19.0. The summed E-state index contributed by atoms with van der Waals surface area (Å²) >= 11 is 5.64. The molecular formula is C10H12ClNO5. The van der Waals surface area contributed by atoms with Crippen LogP contribution in [0.2, 0.25) is 5.02 Å². The van der Waals surface area contributed by atoms with E-state index in [1.807, 2.05) is 0 Å². The summed E-state index contributed by atoms with van der Waals surface area (Å²) < 4.78 is 8.95. The Bertz CT molecular complexity index is 383. The van der Waals surface area contributed by atoms with E-state index < -0.39 is 4.92 Å². The lowest BCUT2D eigenvalue weighted by atomic mass is 10.3.